The molecule has 3 heteroatoms. The van der Waals surface area contributed by atoms with Crippen LogP contribution in [0.4, 0.5) is 0 Å². The predicted octanol–water partition coefficient (Wildman–Crippen LogP) is -0.312. The Morgan fingerprint density at radius 1 is 1.20 bits per heavy atom. The Labute approximate surface area is 63.1 Å². The fraction of sp³-hybridized carbons (Fsp3) is 1.00. The van der Waals surface area contributed by atoms with E-state index in [1.54, 1.807) is 7.11 Å². The molecule has 0 amide bonds. The molecule has 0 atom stereocenters. The molecule has 0 saturated carbocycles. The molecule has 0 spiro atoms. The Morgan fingerprint density at radius 2 is 1.70 bits per heavy atom. The molecule has 0 aromatic rings. The number of methoxy groups -OCH3 is 1. The van der Waals surface area contributed by atoms with Crippen LogP contribution in [0.2, 0.25) is 0 Å². The Balaban J connectivity index is 3.30. The third-order valence-corrected chi connectivity index (χ3v) is 1.39. The topological polar surface area (TPSA) is 33.3 Å². The van der Waals surface area contributed by atoms with Gasteiger partial charge in [-0.05, 0) is 14.1 Å². The van der Waals surface area contributed by atoms with Crippen molar-refractivity contribution >= 4 is 0 Å². The summed E-state index contributed by atoms with van der Waals surface area (Å²) in [5.41, 5.74) is 0. The van der Waals surface area contributed by atoms with Gasteiger partial charge in [-0.1, -0.05) is 0 Å². The van der Waals surface area contributed by atoms with Gasteiger partial charge in [-0.3, -0.25) is 0 Å². The van der Waals surface area contributed by atoms with E-state index in [1.165, 1.54) is 0 Å². The summed E-state index contributed by atoms with van der Waals surface area (Å²) in [6.07, 6.45) is 0. The van der Waals surface area contributed by atoms with Gasteiger partial charge in [0.05, 0.1) is 6.61 Å². The second-order valence-electron chi connectivity index (χ2n) is 2.44. The van der Waals surface area contributed by atoms with Crippen LogP contribution >= 0.6 is 0 Å². The van der Waals surface area contributed by atoms with Gasteiger partial charge in [0.1, 0.15) is 0 Å². The van der Waals surface area contributed by atoms with E-state index in [0.29, 0.717) is 5.92 Å². The highest BCUT2D eigenvalue weighted by Crippen LogP contribution is 1.91. The van der Waals surface area contributed by atoms with Crippen LogP contribution in [0, 0.1) is 5.92 Å². The zero-order chi connectivity index (χ0) is 7.82. The highest BCUT2D eigenvalue weighted by Gasteiger charge is 2.04. The molecule has 0 saturated heterocycles. The monoisotopic (exact) mass is 146 g/mol. The molecule has 0 rings (SSSR count). The Hall–Kier alpha value is -0.120. The Morgan fingerprint density at radius 3 is 2.00 bits per heavy atom. The molecule has 0 heterocycles. The first-order valence-corrected chi connectivity index (χ1v) is 3.63. The van der Waals surface area contributed by atoms with Crippen molar-refractivity contribution in [3.8, 4) is 0 Å². The highest BCUT2D eigenvalue weighted by atomic mass is 16.5. The van der Waals surface area contributed by atoms with Crippen molar-refractivity contribution in [2.75, 3.05) is 40.9 Å². The van der Waals surface area contributed by atoms with Crippen molar-refractivity contribution in [2.24, 2.45) is 5.92 Å². The maximum absolute atomic E-state index is 5.03. The second kappa shape index (κ2) is 6.99. The average Bonchev–Trinajstić information content (AvgIpc) is 1.90. The quantitative estimate of drug-likeness (QED) is 0.539. The first-order valence-electron chi connectivity index (χ1n) is 3.63. The molecule has 0 aliphatic heterocycles. The van der Waals surface area contributed by atoms with Crippen LogP contribution in [-0.2, 0) is 4.74 Å². The van der Waals surface area contributed by atoms with Crippen molar-refractivity contribution in [1.29, 1.82) is 0 Å². The molecule has 62 valence electrons. The largest absolute Gasteiger partial charge is 0.384 e. The van der Waals surface area contributed by atoms with Gasteiger partial charge in [0.2, 0.25) is 0 Å². The summed E-state index contributed by atoms with van der Waals surface area (Å²) in [7, 11) is 5.65. The minimum absolute atomic E-state index is 0.583. The van der Waals surface area contributed by atoms with Gasteiger partial charge in [-0.15, -0.1) is 0 Å². The first-order chi connectivity index (χ1) is 4.85. The minimum Gasteiger partial charge on any atom is -0.384 e. The van der Waals surface area contributed by atoms with E-state index in [4.69, 9.17) is 4.74 Å². The molecule has 0 aromatic carbocycles. The van der Waals surface area contributed by atoms with Crippen LogP contribution in [0.3, 0.4) is 0 Å². The van der Waals surface area contributed by atoms with Crippen LogP contribution in [-0.4, -0.2) is 40.9 Å². The van der Waals surface area contributed by atoms with Crippen molar-refractivity contribution in [3.05, 3.63) is 0 Å². The normalized spacial score (nSPS) is 10.8. The van der Waals surface area contributed by atoms with Crippen LogP contribution in [0.25, 0.3) is 0 Å². The summed E-state index contributed by atoms with van der Waals surface area (Å²) >= 11 is 0. The summed E-state index contributed by atoms with van der Waals surface area (Å²) in [6.45, 7) is 2.84. The SMILES string of the molecule is CNCC(CNC)COC. The van der Waals surface area contributed by atoms with Gasteiger partial charge in [0.15, 0.2) is 0 Å². The van der Waals surface area contributed by atoms with E-state index in [-0.39, 0.29) is 0 Å². The van der Waals surface area contributed by atoms with Crippen LogP contribution in [0.15, 0.2) is 0 Å². The molecule has 0 radical (unpaired) electrons. The van der Waals surface area contributed by atoms with E-state index in [9.17, 15) is 0 Å². The molecule has 10 heavy (non-hydrogen) atoms. The number of ether oxygens (including phenoxy) is 1. The van der Waals surface area contributed by atoms with Gasteiger partial charge < -0.3 is 15.4 Å². The standard InChI is InChI=1S/C7H18N2O/c1-8-4-7(5-9-2)6-10-3/h7-9H,4-6H2,1-3H3. The Bertz CT molecular complexity index is 54.4. The van der Waals surface area contributed by atoms with Gasteiger partial charge in [-0.25, -0.2) is 0 Å². The number of hydrogen-bond acceptors (Lipinski definition) is 3. The van der Waals surface area contributed by atoms with Gasteiger partial charge >= 0.3 is 0 Å². The van der Waals surface area contributed by atoms with Crippen molar-refractivity contribution in [1.82, 2.24) is 10.6 Å². The maximum atomic E-state index is 5.03. The molecule has 2 N–H and O–H groups in total. The zero-order valence-electron chi connectivity index (χ0n) is 7.11. The molecule has 0 unspecified atom stereocenters. The van der Waals surface area contributed by atoms with E-state index in [2.05, 4.69) is 10.6 Å². The summed E-state index contributed by atoms with van der Waals surface area (Å²) in [4.78, 5) is 0. The van der Waals surface area contributed by atoms with E-state index >= 15 is 0 Å². The second-order valence-corrected chi connectivity index (χ2v) is 2.44. The Kier molecular flexibility index (Phi) is 6.91. The smallest absolute Gasteiger partial charge is 0.0514 e. The van der Waals surface area contributed by atoms with E-state index in [1.807, 2.05) is 14.1 Å². The zero-order valence-corrected chi connectivity index (χ0v) is 7.11. The lowest BCUT2D eigenvalue weighted by atomic mass is 10.1. The lowest BCUT2D eigenvalue weighted by Crippen LogP contribution is -2.30. The maximum Gasteiger partial charge on any atom is 0.0514 e. The number of hydrogen-bond donors (Lipinski definition) is 2. The highest BCUT2D eigenvalue weighted by molar-refractivity contribution is 4.61. The summed E-state index contributed by atoms with van der Waals surface area (Å²) < 4.78 is 5.03. The fourth-order valence-corrected chi connectivity index (χ4v) is 1.00. The van der Waals surface area contributed by atoms with Crippen LogP contribution in [0.1, 0.15) is 0 Å². The molecule has 0 aliphatic carbocycles. The van der Waals surface area contributed by atoms with Crippen molar-refractivity contribution in [2.45, 2.75) is 0 Å². The molecule has 3 nitrogen and oxygen atoms in total. The average molecular weight is 146 g/mol. The molecule has 0 aromatic heterocycles. The van der Waals surface area contributed by atoms with Crippen molar-refractivity contribution in [3.63, 3.8) is 0 Å². The predicted molar refractivity (Wildman–Crippen MR) is 43.2 cm³/mol. The number of nitrogens with one attached hydrogen (secondary N) is 2. The van der Waals surface area contributed by atoms with Crippen molar-refractivity contribution < 1.29 is 4.74 Å². The van der Waals surface area contributed by atoms with E-state index < -0.39 is 0 Å². The lowest BCUT2D eigenvalue weighted by Gasteiger charge is -2.13. The molecule has 0 fully saturated rings. The van der Waals surface area contributed by atoms with Gasteiger partial charge in [0, 0.05) is 26.1 Å². The third kappa shape index (κ3) is 4.73. The lowest BCUT2D eigenvalue weighted by molar-refractivity contribution is 0.152. The molecular weight excluding hydrogens is 128 g/mol. The third-order valence-electron chi connectivity index (χ3n) is 1.39. The first kappa shape index (κ1) is 9.88. The van der Waals surface area contributed by atoms with Crippen LogP contribution < -0.4 is 10.6 Å². The van der Waals surface area contributed by atoms with E-state index in [0.717, 1.165) is 19.7 Å². The summed E-state index contributed by atoms with van der Waals surface area (Å²) in [5, 5.41) is 6.23. The molecule has 0 bridgehead atoms. The summed E-state index contributed by atoms with van der Waals surface area (Å²) in [6, 6.07) is 0. The summed E-state index contributed by atoms with van der Waals surface area (Å²) in [5.74, 6) is 0.583. The number of rotatable bonds is 6. The molecule has 0 aliphatic rings. The molecular formula is C7H18N2O. The fourth-order valence-electron chi connectivity index (χ4n) is 1.00. The van der Waals surface area contributed by atoms with Gasteiger partial charge in [0.25, 0.3) is 0 Å². The minimum atomic E-state index is 0.583. The van der Waals surface area contributed by atoms with Crippen LogP contribution in [0.5, 0.6) is 0 Å². The van der Waals surface area contributed by atoms with Gasteiger partial charge in [-0.2, -0.15) is 0 Å².